The average Bonchev–Trinajstić information content (AvgIpc) is 2.85. The van der Waals surface area contributed by atoms with Crippen molar-refractivity contribution in [3.63, 3.8) is 0 Å². The van der Waals surface area contributed by atoms with Gasteiger partial charge in [-0.1, -0.05) is 5.16 Å². The van der Waals surface area contributed by atoms with Crippen LogP contribution in [-0.2, 0) is 6.42 Å². The van der Waals surface area contributed by atoms with Gasteiger partial charge in [-0.2, -0.15) is 20.4 Å². The van der Waals surface area contributed by atoms with Gasteiger partial charge < -0.3 is 4.52 Å². The third-order valence-electron chi connectivity index (χ3n) is 1.64. The number of aromatic amines is 1. The number of aromatic nitrogens is 5. The number of rotatable bonds is 4. The van der Waals surface area contributed by atoms with Gasteiger partial charge in [0.1, 0.15) is 0 Å². The number of alkyl halides is 1. The number of hydrogen-bond acceptors (Lipinski definition) is 5. The molecule has 0 fully saturated rings. The van der Waals surface area contributed by atoms with E-state index in [1.807, 2.05) is 0 Å². The van der Waals surface area contributed by atoms with Crippen LogP contribution in [0.5, 0.6) is 0 Å². The molecule has 0 aliphatic carbocycles. The highest BCUT2D eigenvalue weighted by Crippen LogP contribution is 2.11. The first-order valence-electron chi connectivity index (χ1n) is 4.15. The lowest BCUT2D eigenvalue weighted by atomic mass is 10.3. The van der Waals surface area contributed by atoms with Gasteiger partial charge in [-0.25, -0.2) is 0 Å². The molecule has 0 aliphatic heterocycles. The minimum Gasteiger partial charge on any atom is -0.339 e. The summed E-state index contributed by atoms with van der Waals surface area (Å²) in [7, 11) is 0. The Balaban J connectivity index is 2.10. The lowest BCUT2D eigenvalue weighted by molar-refractivity contribution is 0.378. The molecule has 6 nitrogen and oxygen atoms in total. The van der Waals surface area contributed by atoms with Crippen molar-refractivity contribution >= 4 is 11.6 Å². The number of H-pyrrole nitrogens is 1. The van der Waals surface area contributed by atoms with Crippen LogP contribution in [0.4, 0.5) is 0 Å². The van der Waals surface area contributed by atoms with Crippen LogP contribution in [0.3, 0.4) is 0 Å². The van der Waals surface area contributed by atoms with E-state index < -0.39 is 0 Å². The number of aryl methyl sites for hydroxylation is 1. The van der Waals surface area contributed by atoms with Crippen molar-refractivity contribution in [1.29, 1.82) is 0 Å². The zero-order chi connectivity index (χ0) is 9.80. The van der Waals surface area contributed by atoms with Crippen molar-refractivity contribution in [2.75, 3.05) is 5.88 Å². The Morgan fingerprint density at radius 2 is 2.43 bits per heavy atom. The Morgan fingerprint density at radius 3 is 3.14 bits per heavy atom. The fraction of sp³-hybridized carbons (Fsp3) is 0.429. The summed E-state index contributed by atoms with van der Waals surface area (Å²) in [4.78, 5) is 4.13. The summed E-state index contributed by atoms with van der Waals surface area (Å²) in [5.41, 5.74) is 0.575. The van der Waals surface area contributed by atoms with Gasteiger partial charge in [-0.15, -0.1) is 11.6 Å². The maximum Gasteiger partial charge on any atom is 0.227 e. The van der Waals surface area contributed by atoms with Crippen LogP contribution in [0.1, 0.15) is 12.3 Å². The molecule has 2 aromatic heterocycles. The largest absolute Gasteiger partial charge is 0.339 e. The fourth-order valence-electron chi connectivity index (χ4n) is 0.988. The van der Waals surface area contributed by atoms with Crippen molar-refractivity contribution in [2.45, 2.75) is 12.8 Å². The standard InChI is InChI=1S/C7H8ClN5O/c8-3-1-2-6-10-7(12-14-6)5-4-9-13-11-5/h4H,1-3H2,(H,9,11,13). The van der Waals surface area contributed by atoms with Crippen molar-refractivity contribution in [2.24, 2.45) is 0 Å². The molecule has 0 amide bonds. The van der Waals surface area contributed by atoms with Crippen LogP contribution in [0.25, 0.3) is 11.5 Å². The van der Waals surface area contributed by atoms with E-state index in [4.69, 9.17) is 16.1 Å². The van der Waals surface area contributed by atoms with Gasteiger partial charge in [-0.3, -0.25) is 0 Å². The summed E-state index contributed by atoms with van der Waals surface area (Å²) in [6, 6.07) is 0. The Labute approximate surface area is 84.7 Å². The van der Waals surface area contributed by atoms with Gasteiger partial charge in [0, 0.05) is 12.3 Å². The number of nitrogens with zero attached hydrogens (tertiary/aromatic N) is 4. The molecular formula is C7H8ClN5O. The van der Waals surface area contributed by atoms with Gasteiger partial charge >= 0.3 is 0 Å². The average molecular weight is 214 g/mol. The van der Waals surface area contributed by atoms with Gasteiger partial charge in [0.15, 0.2) is 5.69 Å². The molecule has 1 N–H and O–H groups in total. The third-order valence-corrected chi connectivity index (χ3v) is 1.90. The Kier molecular flexibility index (Phi) is 2.73. The molecule has 0 aromatic carbocycles. The van der Waals surface area contributed by atoms with E-state index in [2.05, 4.69) is 25.6 Å². The maximum atomic E-state index is 5.54. The molecule has 7 heteroatoms. The van der Waals surface area contributed by atoms with Crippen LogP contribution < -0.4 is 0 Å². The van der Waals surface area contributed by atoms with Crippen LogP contribution in [0.15, 0.2) is 10.7 Å². The van der Waals surface area contributed by atoms with Crippen molar-refractivity contribution in [3.8, 4) is 11.5 Å². The highest BCUT2D eigenvalue weighted by molar-refractivity contribution is 6.17. The van der Waals surface area contributed by atoms with Crippen molar-refractivity contribution < 1.29 is 4.52 Å². The fourth-order valence-corrected chi connectivity index (χ4v) is 1.12. The Bertz CT molecular complexity index is 384. The van der Waals surface area contributed by atoms with E-state index in [0.717, 1.165) is 6.42 Å². The first-order chi connectivity index (χ1) is 6.90. The summed E-state index contributed by atoms with van der Waals surface area (Å²) >= 11 is 5.54. The topological polar surface area (TPSA) is 80.5 Å². The molecule has 2 heterocycles. The van der Waals surface area contributed by atoms with Crippen LogP contribution in [0.2, 0.25) is 0 Å². The molecule has 0 unspecified atom stereocenters. The van der Waals surface area contributed by atoms with E-state index in [9.17, 15) is 0 Å². The summed E-state index contributed by atoms with van der Waals surface area (Å²) in [5, 5.41) is 13.7. The van der Waals surface area contributed by atoms with E-state index in [0.29, 0.717) is 29.7 Å². The summed E-state index contributed by atoms with van der Waals surface area (Å²) in [6.45, 7) is 0. The van der Waals surface area contributed by atoms with E-state index >= 15 is 0 Å². The van der Waals surface area contributed by atoms with E-state index in [1.54, 1.807) is 0 Å². The van der Waals surface area contributed by atoms with Gasteiger partial charge in [-0.05, 0) is 6.42 Å². The quantitative estimate of drug-likeness (QED) is 0.768. The normalized spacial score (nSPS) is 10.6. The molecule has 2 rings (SSSR count). The van der Waals surface area contributed by atoms with Gasteiger partial charge in [0.2, 0.25) is 11.7 Å². The molecule has 14 heavy (non-hydrogen) atoms. The lowest BCUT2D eigenvalue weighted by Crippen LogP contribution is -1.86. The second-order valence-electron chi connectivity index (χ2n) is 2.66. The molecular weight excluding hydrogens is 206 g/mol. The molecule has 0 aliphatic rings. The molecule has 2 aromatic rings. The maximum absolute atomic E-state index is 5.54. The zero-order valence-corrected chi connectivity index (χ0v) is 8.03. The molecule has 0 saturated carbocycles. The number of halogens is 1. The predicted molar refractivity (Wildman–Crippen MR) is 48.7 cm³/mol. The van der Waals surface area contributed by atoms with Crippen LogP contribution >= 0.6 is 11.6 Å². The molecule has 0 radical (unpaired) electrons. The van der Waals surface area contributed by atoms with Gasteiger partial charge in [0.25, 0.3) is 0 Å². The highest BCUT2D eigenvalue weighted by Gasteiger charge is 2.09. The minimum absolute atomic E-state index is 0.448. The second kappa shape index (κ2) is 4.19. The predicted octanol–water partition coefficient (Wildman–Crippen LogP) is 1.03. The monoisotopic (exact) mass is 213 g/mol. The molecule has 74 valence electrons. The van der Waals surface area contributed by atoms with E-state index in [-0.39, 0.29) is 0 Å². The summed E-state index contributed by atoms with van der Waals surface area (Å²) < 4.78 is 4.99. The lowest BCUT2D eigenvalue weighted by Gasteiger charge is -1.86. The summed E-state index contributed by atoms with van der Waals surface area (Å²) in [6.07, 6.45) is 3.05. The highest BCUT2D eigenvalue weighted by atomic mass is 35.5. The molecule has 0 saturated heterocycles. The Hall–Kier alpha value is -1.43. The zero-order valence-electron chi connectivity index (χ0n) is 7.27. The van der Waals surface area contributed by atoms with Crippen molar-refractivity contribution in [1.82, 2.24) is 25.6 Å². The first kappa shape index (κ1) is 9.14. The number of nitrogens with one attached hydrogen (secondary N) is 1. The first-order valence-corrected chi connectivity index (χ1v) is 4.68. The summed E-state index contributed by atoms with van der Waals surface area (Å²) in [5.74, 6) is 1.61. The van der Waals surface area contributed by atoms with E-state index in [1.165, 1.54) is 6.20 Å². The second-order valence-corrected chi connectivity index (χ2v) is 3.04. The Morgan fingerprint density at radius 1 is 1.50 bits per heavy atom. The molecule has 0 bridgehead atoms. The SMILES string of the molecule is ClCCCc1nc(-c2cn[nH]n2)no1. The molecule has 0 spiro atoms. The van der Waals surface area contributed by atoms with Crippen LogP contribution in [-0.4, -0.2) is 31.4 Å². The number of hydrogen-bond donors (Lipinski definition) is 1. The third kappa shape index (κ3) is 1.90. The minimum atomic E-state index is 0.448. The smallest absolute Gasteiger partial charge is 0.227 e. The molecule has 0 atom stereocenters. The van der Waals surface area contributed by atoms with Crippen LogP contribution in [0, 0.1) is 0 Å². The van der Waals surface area contributed by atoms with Gasteiger partial charge in [0.05, 0.1) is 6.20 Å². The van der Waals surface area contributed by atoms with Crippen molar-refractivity contribution in [3.05, 3.63) is 12.1 Å².